The summed E-state index contributed by atoms with van der Waals surface area (Å²) >= 11 is 12.5. The highest BCUT2D eigenvalue weighted by Crippen LogP contribution is 2.43. The first-order chi connectivity index (χ1) is 10.3. The molecule has 5 heteroatoms. The Morgan fingerprint density at radius 2 is 1.77 bits per heavy atom. The van der Waals surface area contributed by atoms with Crippen LogP contribution in [-0.2, 0) is 9.59 Å². The van der Waals surface area contributed by atoms with Gasteiger partial charge in [-0.05, 0) is 39.3 Å². The molecule has 0 radical (unpaired) electrons. The fourth-order valence-electron chi connectivity index (χ4n) is 3.13. The zero-order chi connectivity index (χ0) is 16.6. The molecule has 1 heterocycles. The lowest BCUT2D eigenvalue weighted by Gasteiger charge is -2.32. The van der Waals surface area contributed by atoms with Gasteiger partial charge in [-0.15, -0.1) is 0 Å². The number of rotatable bonds is 3. The molecule has 0 spiro atoms. The molecule has 0 amide bonds. The molecule has 0 saturated heterocycles. The van der Waals surface area contributed by atoms with Crippen LogP contribution in [0.5, 0.6) is 0 Å². The molecule has 2 atom stereocenters. The molecular weight excluding hydrogens is 321 g/mol. The van der Waals surface area contributed by atoms with Crippen LogP contribution in [0.3, 0.4) is 0 Å². The fourth-order valence-corrected chi connectivity index (χ4v) is 3.55. The summed E-state index contributed by atoms with van der Waals surface area (Å²) in [5.74, 6) is -1.10. The number of ketones is 2. The molecule has 22 heavy (non-hydrogen) atoms. The Bertz CT molecular complexity index is 719. The zero-order valence-corrected chi connectivity index (χ0v) is 14.4. The second-order valence-electron chi connectivity index (χ2n) is 5.52. The van der Waals surface area contributed by atoms with Crippen molar-refractivity contribution >= 4 is 40.5 Å². The van der Waals surface area contributed by atoms with E-state index in [-0.39, 0.29) is 11.6 Å². The first kappa shape index (κ1) is 16.9. The first-order valence-electron chi connectivity index (χ1n) is 6.97. The number of aliphatic imine (C=N–C) groups is 1. The van der Waals surface area contributed by atoms with Crippen LogP contribution in [0.2, 0.25) is 10.0 Å². The number of nitrogens with zero attached hydrogens (tertiary/aromatic N) is 1. The molecule has 2 unspecified atom stereocenters. The Labute approximate surface area is 140 Å². The van der Waals surface area contributed by atoms with Crippen LogP contribution in [-0.4, -0.2) is 17.3 Å². The Hall–Kier alpha value is -1.45. The van der Waals surface area contributed by atoms with E-state index in [4.69, 9.17) is 23.2 Å². The number of hydrogen-bond donors (Lipinski definition) is 0. The van der Waals surface area contributed by atoms with Crippen molar-refractivity contribution in [3.8, 4) is 0 Å². The molecule has 2 rings (SSSR count). The molecule has 1 aliphatic heterocycles. The molecule has 0 bridgehead atoms. The van der Waals surface area contributed by atoms with E-state index < -0.39 is 11.8 Å². The van der Waals surface area contributed by atoms with Crippen LogP contribution >= 0.6 is 23.2 Å². The van der Waals surface area contributed by atoms with Gasteiger partial charge in [-0.3, -0.25) is 14.6 Å². The molecule has 116 valence electrons. The number of carbonyl (C=O) groups excluding carboxylic acids is 2. The first-order valence-corrected chi connectivity index (χ1v) is 7.72. The van der Waals surface area contributed by atoms with Crippen LogP contribution < -0.4 is 0 Å². The third-order valence-corrected chi connectivity index (χ3v) is 4.80. The molecule has 0 fully saturated rings. The molecule has 0 N–H and O–H groups in total. The third-order valence-electron chi connectivity index (χ3n) is 3.96. The molecule has 1 aromatic rings. The molecule has 1 aliphatic rings. The summed E-state index contributed by atoms with van der Waals surface area (Å²) < 4.78 is 0. The minimum Gasteiger partial charge on any atom is -0.299 e. The number of halogens is 2. The van der Waals surface area contributed by atoms with Crippen LogP contribution in [0.4, 0.5) is 0 Å². The van der Waals surface area contributed by atoms with E-state index in [9.17, 15) is 9.59 Å². The Kier molecular flexibility index (Phi) is 4.88. The second kappa shape index (κ2) is 6.35. The quantitative estimate of drug-likeness (QED) is 0.807. The average Bonchev–Trinajstić information content (AvgIpc) is 2.39. The van der Waals surface area contributed by atoms with Gasteiger partial charge < -0.3 is 0 Å². The third kappa shape index (κ3) is 2.88. The topological polar surface area (TPSA) is 46.5 Å². The van der Waals surface area contributed by atoms with Gasteiger partial charge in [0.05, 0.1) is 16.0 Å². The predicted octanol–water partition coefficient (Wildman–Crippen LogP) is 4.62. The summed E-state index contributed by atoms with van der Waals surface area (Å²) in [6.07, 6.45) is 0. The van der Waals surface area contributed by atoms with Gasteiger partial charge in [0.2, 0.25) is 0 Å². The Morgan fingerprint density at radius 3 is 2.32 bits per heavy atom. The highest BCUT2D eigenvalue weighted by atomic mass is 35.5. The highest BCUT2D eigenvalue weighted by Gasteiger charge is 2.39. The van der Waals surface area contributed by atoms with Crippen LogP contribution in [0, 0.1) is 5.92 Å². The van der Waals surface area contributed by atoms with Gasteiger partial charge in [-0.25, -0.2) is 0 Å². The van der Waals surface area contributed by atoms with Crippen molar-refractivity contribution in [1.29, 1.82) is 0 Å². The second-order valence-corrected chi connectivity index (χ2v) is 6.30. The molecule has 3 nitrogen and oxygen atoms in total. The van der Waals surface area contributed by atoms with E-state index in [0.717, 1.165) is 0 Å². The largest absolute Gasteiger partial charge is 0.299 e. The van der Waals surface area contributed by atoms with Gasteiger partial charge in [0, 0.05) is 22.9 Å². The van der Waals surface area contributed by atoms with E-state index in [1.54, 1.807) is 26.0 Å². The van der Waals surface area contributed by atoms with E-state index >= 15 is 0 Å². The van der Waals surface area contributed by atoms with E-state index in [0.29, 0.717) is 32.6 Å². The maximum absolute atomic E-state index is 12.2. The number of allylic oxidation sites excluding steroid dienone is 2. The minimum atomic E-state index is -0.501. The van der Waals surface area contributed by atoms with Gasteiger partial charge in [-0.2, -0.15) is 0 Å². The van der Waals surface area contributed by atoms with Crippen molar-refractivity contribution in [1.82, 2.24) is 0 Å². The summed E-state index contributed by atoms with van der Waals surface area (Å²) in [5.41, 5.74) is 2.53. The minimum absolute atomic E-state index is 0.0476. The van der Waals surface area contributed by atoms with Gasteiger partial charge in [-0.1, -0.05) is 35.3 Å². The van der Waals surface area contributed by atoms with Gasteiger partial charge in [0.1, 0.15) is 5.78 Å². The normalized spacial score (nSPS) is 21.6. The monoisotopic (exact) mass is 337 g/mol. The van der Waals surface area contributed by atoms with Crippen LogP contribution in [0.1, 0.15) is 39.2 Å². The SMILES string of the molecule is CC(=O)C1=C(C)N=C(C)C(C(C)=O)C1c1cccc(Cl)c1Cl. The Balaban J connectivity index is 2.76. The van der Waals surface area contributed by atoms with Crippen LogP contribution in [0.15, 0.2) is 34.5 Å². The summed E-state index contributed by atoms with van der Waals surface area (Å²) in [5, 5.41) is 0.781. The van der Waals surface area contributed by atoms with Crippen molar-refractivity contribution in [3.05, 3.63) is 45.1 Å². The van der Waals surface area contributed by atoms with E-state index in [1.807, 2.05) is 6.07 Å². The summed E-state index contributed by atoms with van der Waals surface area (Å²) in [6, 6.07) is 5.27. The van der Waals surface area contributed by atoms with Crippen molar-refractivity contribution in [3.63, 3.8) is 0 Å². The number of benzene rings is 1. The van der Waals surface area contributed by atoms with Gasteiger partial charge in [0.15, 0.2) is 5.78 Å². The van der Waals surface area contributed by atoms with Crippen LogP contribution in [0.25, 0.3) is 0 Å². The lowest BCUT2D eigenvalue weighted by atomic mass is 9.73. The molecular formula is C17H17Cl2NO2. The zero-order valence-electron chi connectivity index (χ0n) is 12.9. The van der Waals surface area contributed by atoms with Crippen molar-refractivity contribution in [2.24, 2.45) is 10.9 Å². The lowest BCUT2D eigenvalue weighted by molar-refractivity contribution is -0.119. The maximum Gasteiger partial charge on any atom is 0.158 e. The van der Waals surface area contributed by atoms with E-state index in [1.165, 1.54) is 13.8 Å². The molecule has 0 aliphatic carbocycles. The summed E-state index contributed by atoms with van der Waals surface area (Å²) in [4.78, 5) is 28.7. The van der Waals surface area contributed by atoms with Gasteiger partial charge in [0.25, 0.3) is 0 Å². The molecule has 0 aromatic heterocycles. The molecule has 0 saturated carbocycles. The van der Waals surface area contributed by atoms with Crippen molar-refractivity contribution in [2.45, 2.75) is 33.6 Å². The Morgan fingerprint density at radius 1 is 1.14 bits per heavy atom. The molecule has 1 aromatic carbocycles. The standard InChI is InChI=1S/C17H17Cl2NO2/c1-8-14(10(3)21)16(15(11(4)22)9(2)20-8)12-6-5-7-13(18)17(12)19/h5-7,14,16H,1-4H3. The van der Waals surface area contributed by atoms with Crippen molar-refractivity contribution in [2.75, 3.05) is 0 Å². The number of carbonyl (C=O) groups is 2. The maximum atomic E-state index is 12.2. The van der Waals surface area contributed by atoms with E-state index in [2.05, 4.69) is 4.99 Å². The number of Topliss-reactive ketones (excluding diaryl/α,β-unsaturated/α-hetero) is 2. The smallest absolute Gasteiger partial charge is 0.158 e. The summed E-state index contributed by atoms with van der Waals surface area (Å²) in [7, 11) is 0. The number of hydrogen-bond acceptors (Lipinski definition) is 3. The predicted molar refractivity (Wildman–Crippen MR) is 89.9 cm³/mol. The fraction of sp³-hybridized carbons (Fsp3) is 0.353. The lowest BCUT2D eigenvalue weighted by Crippen LogP contribution is -2.33. The van der Waals surface area contributed by atoms with Crippen molar-refractivity contribution < 1.29 is 9.59 Å². The summed E-state index contributed by atoms with van der Waals surface area (Å²) in [6.45, 7) is 6.57. The highest BCUT2D eigenvalue weighted by molar-refractivity contribution is 6.42. The average molecular weight is 338 g/mol. The van der Waals surface area contributed by atoms with Gasteiger partial charge >= 0.3 is 0 Å².